The number of methoxy groups -OCH3 is 1. The molecule has 2 saturated heterocycles. The molecule has 2 rings (SSSR count). The molecule has 0 atom stereocenters. The summed E-state index contributed by atoms with van der Waals surface area (Å²) < 4.78 is 5.79. The molecule has 0 aromatic rings. The lowest BCUT2D eigenvalue weighted by molar-refractivity contribution is -0.158. The largest absolute Gasteiger partial charge is 0.368 e. The zero-order valence-electron chi connectivity index (χ0n) is 11.6. The van der Waals surface area contributed by atoms with Gasteiger partial charge in [-0.2, -0.15) is 11.8 Å². The summed E-state index contributed by atoms with van der Waals surface area (Å²) in [5.74, 6) is 1.22. The molecule has 0 spiro atoms. The van der Waals surface area contributed by atoms with E-state index in [1.807, 2.05) is 16.7 Å². The first-order valence-corrected chi connectivity index (χ1v) is 7.67. The number of hydrogen-bond donors (Lipinski definition) is 1. The van der Waals surface area contributed by atoms with E-state index < -0.39 is 5.60 Å². The third-order valence-electron chi connectivity index (χ3n) is 3.90. The topological polar surface area (TPSA) is 41.6 Å². The summed E-state index contributed by atoms with van der Waals surface area (Å²) in [4.78, 5) is 14.8. The molecule has 0 bridgehead atoms. The first-order chi connectivity index (χ1) is 8.49. The average Bonchev–Trinajstić information content (AvgIpc) is 2.37. The van der Waals surface area contributed by atoms with Crippen LogP contribution in [0.15, 0.2) is 0 Å². The first kappa shape index (κ1) is 14.2. The summed E-state index contributed by atoms with van der Waals surface area (Å²) in [7, 11) is 1.67. The monoisotopic (exact) mass is 272 g/mol. The fourth-order valence-corrected chi connectivity index (χ4v) is 3.93. The quantitative estimate of drug-likeness (QED) is 0.817. The highest BCUT2D eigenvalue weighted by Gasteiger charge is 2.44. The van der Waals surface area contributed by atoms with E-state index in [1.165, 1.54) is 0 Å². The van der Waals surface area contributed by atoms with Gasteiger partial charge in [-0.3, -0.25) is 4.79 Å². The number of thioether (sulfide) groups is 1. The zero-order chi connectivity index (χ0) is 13.2. The third-order valence-corrected chi connectivity index (χ3v) is 5.20. The summed E-state index contributed by atoms with van der Waals surface area (Å²) in [6.07, 6.45) is 1.57. The number of nitrogens with one attached hydrogen (secondary N) is 1. The molecule has 0 radical (unpaired) electrons. The van der Waals surface area contributed by atoms with Gasteiger partial charge >= 0.3 is 0 Å². The first-order valence-electron chi connectivity index (χ1n) is 6.68. The van der Waals surface area contributed by atoms with E-state index in [2.05, 4.69) is 19.2 Å². The lowest BCUT2D eigenvalue weighted by atomic mass is 9.90. The van der Waals surface area contributed by atoms with Crippen molar-refractivity contribution in [3.63, 3.8) is 0 Å². The second kappa shape index (κ2) is 5.39. The van der Waals surface area contributed by atoms with Crippen LogP contribution in [0.5, 0.6) is 0 Å². The minimum absolute atomic E-state index is 0.162. The van der Waals surface area contributed by atoms with Crippen LogP contribution in [0.25, 0.3) is 0 Å². The van der Waals surface area contributed by atoms with Crippen LogP contribution >= 0.6 is 11.8 Å². The predicted molar refractivity (Wildman–Crippen MR) is 75.0 cm³/mol. The van der Waals surface area contributed by atoms with Crippen LogP contribution in [-0.2, 0) is 9.53 Å². The van der Waals surface area contributed by atoms with Gasteiger partial charge in [-0.15, -0.1) is 0 Å². The lowest BCUT2D eigenvalue weighted by Crippen LogP contribution is -2.58. The van der Waals surface area contributed by atoms with E-state index in [9.17, 15) is 4.79 Å². The Labute approximate surface area is 114 Å². The molecule has 0 aromatic carbocycles. The molecule has 2 heterocycles. The minimum Gasteiger partial charge on any atom is -0.368 e. The maximum Gasteiger partial charge on any atom is 0.254 e. The minimum atomic E-state index is -0.580. The number of amides is 1. The number of carbonyl (C=O) groups is 1. The van der Waals surface area contributed by atoms with Crippen molar-refractivity contribution < 1.29 is 9.53 Å². The van der Waals surface area contributed by atoms with Crippen LogP contribution in [-0.4, -0.2) is 60.2 Å². The second-order valence-corrected chi connectivity index (χ2v) is 7.59. The molecule has 1 N–H and O–H groups in total. The molecule has 2 fully saturated rings. The van der Waals surface area contributed by atoms with Gasteiger partial charge in [-0.25, -0.2) is 0 Å². The number of piperidine rings is 1. The molecule has 2 aliphatic heterocycles. The Bertz CT molecular complexity index is 314. The molecule has 5 heteroatoms. The van der Waals surface area contributed by atoms with Crippen molar-refractivity contribution in [1.29, 1.82) is 0 Å². The van der Waals surface area contributed by atoms with Crippen LogP contribution < -0.4 is 5.32 Å². The Morgan fingerprint density at radius 1 is 1.33 bits per heavy atom. The van der Waals surface area contributed by atoms with E-state index in [4.69, 9.17) is 4.74 Å². The molecular weight excluding hydrogens is 248 g/mol. The summed E-state index contributed by atoms with van der Waals surface area (Å²) in [6, 6.07) is 0. The van der Waals surface area contributed by atoms with Gasteiger partial charge in [-0.05, 0) is 39.8 Å². The SMILES string of the molecule is COC1(C(=O)N2CCSC(C)(C)C2)CCNCC1. The van der Waals surface area contributed by atoms with Crippen molar-refractivity contribution in [2.24, 2.45) is 0 Å². The van der Waals surface area contributed by atoms with Gasteiger partial charge in [0.05, 0.1) is 0 Å². The summed E-state index contributed by atoms with van der Waals surface area (Å²) in [6.45, 7) is 7.83. The van der Waals surface area contributed by atoms with Crippen LogP contribution in [0.2, 0.25) is 0 Å². The Kier molecular flexibility index (Phi) is 4.24. The highest BCUT2D eigenvalue weighted by Crippen LogP contribution is 2.33. The molecule has 2 aliphatic rings. The molecular formula is C13H24N2O2S. The van der Waals surface area contributed by atoms with Crippen LogP contribution in [0, 0.1) is 0 Å². The molecule has 0 unspecified atom stereocenters. The van der Waals surface area contributed by atoms with Gasteiger partial charge < -0.3 is 15.0 Å². The van der Waals surface area contributed by atoms with Crippen LogP contribution in [0.3, 0.4) is 0 Å². The summed E-state index contributed by atoms with van der Waals surface area (Å²) in [5.41, 5.74) is -0.580. The number of rotatable bonds is 2. The van der Waals surface area contributed by atoms with Gasteiger partial charge in [0.25, 0.3) is 5.91 Å². The van der Waals surface area contributed by atoms with E-state index in [0.29, 0.717) is 0 Å². The Balaban J connectivity index is 2.09. The van der Waals surface area contributed by atoms with Gasteiger partial charge in [0, 0.05) is 30.7 Å². The molecule has 0 saturated carbocycles. The number of ether oxygens (including phenoxy) is 1. The van der Waals surface area contributed by atoms with E-state index in [1.54, 1.807) is 7.11 Å². The van der Waals surface area contributed by atoms with Crippen molar-refractivity contribution in [3.8, 4) is 0 Å². The van der Waals surface area contributed by atoms with Crippen molar-refractivity contribution in [2.75, 3.05) is 39.0 Å². The fraction of sp³-hybridized carbons (Fsp3) is 0.923. The number of hydrogen-bond acceptors (Lipinski definition) is 4. The number of carbonyl (C=O) groups excluding carboxylic acids is 1. The van der Waals surface area contributed by atoms with Gasteiger partial charge in [-0.1, -0.05) is 0 Å². The third kappa shape index (κ3) is 2.83. The molecule has 0 aliphatic carbocycles. The molecule has 1 amide bonds. The van der Waals surface area contributed by atoms with Crippen molar-refractivity contribution in [2.45, 2.75) is 37.0 Å². The standard InChI is InChI=1S/C13H24N2O2S/c1-12(2)10-15(8-9-18-12)11(16)13(17-3)4-6-14-7-5-13/h14H,4-10H2,1-3H3. The van der Waals surface area contributed by atoms with E-state index in [-0.39, 0.29) is 10.7 Å². The molecule has 4 nitrogen and oxygen atoms in total. The fourth-order valence-electron chi connectivity index (χ4n) is 2.81. The molecule has 0 aromatic heterocycles. The molecule has 18 heavy (non-hydrogen) atoms. The molecule has 104 valence electrons. The zero-order valence-corrected chi connectivity index (χ0v) is 12.4. The van der Waals surface area contributed by atoms with Gasteiger partial charge in [0.1, 0.15) is 5.60 Å². The average molecular weight is 272 g/mol. The number of nitrogens with zero attached hydrogens (tertiary/aromatic N) is 1. The summed E-state index contributed by atoms with van der Waals surface area (Å²) >= 11 is 1.95. The Morgan fingerprint density at radius 3 is 2.56 bits per heavy atom. The van der Waals surface area contributed by atoms with Crippen LogP contribution in [0.4, 0.5) is 0 Å². The normalized spacial score (nSPS) is 26.9. The lowest BCUT2D eigenvalue weighted by Gasteiger charge is -2.43. The smallest absolute Gasteiger partial charge is 0.254 e. The van der Waals surface area contributed by atoms with Gasteiger partial charge in [0.2, 0.25) is 0 Å². The van der Waals surface area contributed by atoms with E-state index >= 15 is 0 Å². The van der Waals surface area contributed by atoms with Crippen molar-refractivity contribution >= 4 is 17.7 Å². The predicted octanol–water partition coefficient (Wildman–Crippen LogP) is 1.11. The highest BCUT2D eigenvalue weighted by atomic mass is 32.2. The van der Waals surface area contributed by atoms with Crippen molar-refractivity contribution in [1.82, 2.24) is 10.2 Å². The van der Waals surface area contributed by atoms with Crippen molar-refractivity contribution in [3.05, 3.63) is 0 Å². The van der Waals surface area contributed by atoms with E-state index in [0.717, 1.165) is 44.8 Å². The highest BCUT2D eigenvalue weighted by molar-refractivity contribution is 8.00. The second-order valence-electron chi connectivity index (χ2n) is 5.78. The Morgan fingerprint density at radius 2 is 2.00 bits per heavy atom. The Hall–Kier alpha value is -0.260. The maximum absolute atomic E-state index is 12.8. The maximum atomic E-state index is 12.8. The van der Waals surface area contributed by atoms with Crippen LogP contribution in [0.1, 0.15) is 26.7 Å². The summed E-state index contributed by atoms with van der Waals surface area (Å²) in [5, 5.41) is 3.29. The van der Waals surface area contributed by atoms with Gasteiger partial charge in [0.15, 0.2) is 0 Å².